The Morgan fingerprint density at radius 2 is 2.00 bits per heavy atom. The van der Waals surface area contributed by atoms with Gasteiger partial charge in [-0.05, 0) is 36.6 Å². The van der Waals surface area contributed by atoms with E-state index in [1.165, 1.54) is 12.0 Å². The van der Waals surface area contributed by atoms with Crippen LogP contribution in [-0.4, -0.2) is 13.7 Å². The van der Waals surface area contributed by atoms with Crippen molar-refractivity contribution in [2.45, 2.75) is 19.4 Å². The van der Waals surface area contributed by atoms with Crippen molar-refractivity contribution in [3.63, 3.8) is 0 Å². The van der Waals surface area contributed by atoms with Crippen molar-refractivity contribution in [1.82, 2.24) is 5.32 Å². The van der Waals surface area contributed by atoms with Crippen LogP contribution >= 0.6 is 0 Å². The Bertz CT molecular complexity index is 294. The van der Waals surface area contributed by atoms with Crippen molar-refractivity contribution in [2.75, 3.05) is 13.7 Å². The largest absolute Gasteiger partial charge is 0.497 e. The second kappa shape index (κ2) is 4.01. The molecule has 76 valence electrons. The first-order chi connectivity index (χ1) is 6.79. The van der Waals surface area contributed by atoms with E-state index in [-0.39, 0.29) is 0 Å². The van der Waals surface area contributed by atoms with Crippen LogP contribution in [0.1, 0.15) is 24.9 Å². The Morgan fingerprint density at radius 1 is 1.29 bits per heavy atom. The molecule has 1 aliphatic heterocycles. The molecule has 0 saturated carbocycles. The number of benzene rings is 1. The summed E-state index contributed by atoms with van der Waals surface area (Å²) in [6.45, 7) is 3.42. The van der Waals surface area contributed by atoms with E-state index in [1.807, 2.05) is 12.1 Å². The molecule has 0 aromatic heterocycles. The summed E-state index contributed by atoms with van der Waals surface area (Å²) in [5.74, 6) is 1.72. The smallest absolute Gasteiger partial charge is 0.118 e. The molecule has 1 unspecified atom stereocenters. The molecule has 0 amide bonds. The topological polar surface area (TPSA) is 21.3 Å². The van der Waals surface area contributed by atoms with Crippen molar-refractivity contribution in [2.24, 2.45) is 5.92 Å². The molecule has 1 aliphatic rings. The van der Waals surface area contributed by atoms with E-state index in [0.717, 1.165) is 18.2 Å². The van der Waals surface area contributed by atoms with Crippen molar-refractivity contribution in [3.05, 3.63) is 29.8 Å². The summed E-state index contributed by atoms with van der Waals surface area (Å²) in [5.41, 5.74) is 1.37. The fourth-order valence-corrected chi connectivity index (χ4v) is 2.00. The molecule has 2 rings (SSSR count). The number of rotatable bonds is 2. The van der Waals surface area contributed by atoms with Gasteiger partial charge in [0.15, 0.2) is 0 Å². The van der Waals surface area contributed by atoms with Crippen molar-refractivity contribution in [3.8, 4) is 5.75 Å². The number of nitrogens with one attached hydrogen (secondary N) is 1. The van der Waals surface area contributed by atoms with Crippen LogP contribution in [0, 0.1) is 5.92 Å². The number of ether oxygens (including phenoxy) is 1. The molecular weight excluding hydrogens is 174 g/mol. The predicted molar refractivity (Wildman–Crippen MR) is 57.5 cm³/mol. The van der Waals surface area contributed by atoms with Crippen molar-refractivity contribution in [1.29, 1.82) is 0 Å². The molecule has 1 saturated heterocycles. The summed E-state index contributed by atoms with van der Waals surface area (Å²) in [6, 6.07) is 8.89. The van der Waals surface area contributed by atoms with Crippen LogP contribution in [0.15, 0.2) is 24.3 Å². The quantitative estimate of drug-likeness (QED) is 0.775. The van der Waals surface area contributed by atoms with Gasteiger partial charge < -0.3 is 10.1 Å². The van der Waals surface area contributed by atoms with E-state index in [2.05, 4.69) is 24.4 Å². The maximum atomic E-state index is 5.13. The Kier molecular flexibility index (Phi) is 2.73. The highest BCUT2D eigenvalue weighted by atomic mass is 16.5. The minimum Gasteiger partial charge on any atom is -0.497 e. The molecule has 0 aliphatic carbocycles. The summed E-state index contributed by atoms with van der Waals surface area (Å²) >= 11 is 0. The Labute approximate surface area is 85.3 Å². The number of methoxy groups -OCH3 is 1. The second-order valence-corrected chi connectivity index (χ2v) is 4.07. The molecule has 0 spiro atoms. The SMILES string of the molecule is COc1ccc(C2C[C@H](C)CN2)cc1. The number of hydrogen-bond donors (Lipinski definition) is 1. The van der Waals surface area contributed by atoms with E-state index in [1.54, 1.807) is 7.11 Å². The Morgan fingerprint density at radius 3 is 2.50 bits per heavy atom. The Balaban J connectivity index is 2.09. The van der Waals surface area contributed by atoms with Crippen molar-refractivity contribution >= 4 is 0 Å². The van der Waals surface area contributed by atoms with E-state index in [0.29, 0.717) is 6.04 Å². The zero-order valence-corrected chi connectivity index (χ0v) is 8.79. The van der Waals surface area contributed by atoms with Crippen LogP contribution in [0.5, 0.6) is 5.75 Å². The molecule has 1 N–H and O–H groups in total. The van der Waals surface area contributed by atoms with Gasteiger partial charge in [-0.2, -0.15) is 0 Å². The van der Waals surface area contributed by atoms with Gasteiger partial charge in [0.25, 0.3) is 0 Å². The molecule has 1 heterocycles. The van der Waals surface area contributed by atoms with Gasteiger partial charge in [0.2, 0.25) is 0 Å². The molecule has 14 heavy (non-hydrogen) atoms. The predicted octanol–water partition coefficient (Wildman–Crippen LogP) is 2.37. The molecule has 0 bridgehead atoms. The van der Waals surface area contributed by atoms with Gasteiger partial charge in [0, 0.05) is 6.04 Å². The highest BCUT2D eigenvalue weighted by molar-refractivity contribution is 5.29. The van der Waals surface area contributed by atoms with Crippen LogP contribution in [0.4, 0.5) is 0 Å². The highest BCUT2D eigenvalue weighted by Gasteiger charge is 2.21. The van der Waals surface area contributed by atoms with Gasteiger partial charge in [-0.3, -0.25) is 0 Å². The molecule has 0 radical (unpaired) electrons. The summed E-state index contributed by atoms with van der Waals surface area (Å²) in [7, 11) is 1.70. The molecule has 1 aromatic rings. The van der Waals surface area contributed by atoms with E-state index < -0.39 is 0 Å². The molecule has 2 atom stereocenters. The molecule has 1 fully saturated rings. The maximum absolute atomic E-state index is 5.13. The standard InChI is InChI=1S/C12H17NO/c1-9-7-12(13-8-9)10-3-5-11(14-2)6-4-10/h3-6,9,12-13H,7-8H2,1-2H3/t9-,12?/m0/s1. The van der Waals surface area contributed by atoms with Crippen LogP contribution in [0.3, 0.4) is 0 Å². The lowest BCUT2D eigenvalue weighted by molar-refractivity contribution is 0.414. The summed E-state index contributed by atoms with van der Waals surface area (Å²) < 4.78 is 5.13. The van der Waals surface area contributed by atoms with E-state index >= 15 is 0 Å². The molecular formula is C12H17NO. The first-order valence-electron chi connectivity index (χ1n) is 5.17. The van der Waals surface area contributed by atoms with E-state index in [9.17, 15) is 0 Å². The third-order valence-electron chi connectivity index (χ3n) is 2.87. The minimum atomic E-state index is 0.538. The maximum Gasteiger partial charge on any atom is 0.118 e. The van der Waals surface area contributed by atoms with Crippen molar-refractivity contribution < 1.29 is 4.74 Å². The summed E-state index contributed by atoms with van der Waals surface area (Å²) in [6.07, 6.45) is 1.24. The third-order valence-corrected chi connectivity index (χ3v) is 2.87. The molecule has 2 heteroatoms. The Hall–Kier alpha value is -1.02. The average molecular weight is 191 g/mol. The first kappa shape index (κ1) is 9.53. The normalized spacial score (nSPS) is 26.4. The number of hydrogen-bond acceptors (Lipinski definition) is 2. The summed E-state index contributed by atoms with van der Waals surface area (Å²) in [5, 5.41) is 3.52. The highest BCUT2D eigenvalue weighted by Crippen LogP contribution is 2.27. The second-order valence-electron chi connectivity index (χ2n) is 4.07. The van der Waals surface area contributed by atoms with Gasteiger partial charge in [0.05, 0.1) is 7.11 Å². The van der Waals surface area contributed by atoms with Gasteiger partial charge in [0.1, 0.15) is 5.75 Å². The minimum absolute atomic E-state index is 0.538. The van der Waals surface area contributed by atoms with Gasteiger partial charge >= 0.3 is 0 Å². The van der Waals surface area contributed by atoms with Gasteiger partial charge in [-0.25, -0.2) is 0 Å². The van der Waals surface area contributed by atoms with Crippen LogP contribution in [-0.2, 0) is 0 Å². The van der Waals surface area contributed by atoms with Gasteiger partial charge in [-0.1, -0.05) is 19.1 Å². The fourth-order valence-electron chi connectivity index (χ4n) is 2.00. The first-order valence-corrected chi connectivity index (χ1v) is 5.17. The lowest BCUT2D eigenvalue weighted by Gasteiger charge is -2.10. The van der Waals surface area contributed by atoms with Gasteiger partial charge in [-0.15, -0.1) is 0 Å². The lowest BCUT2D eigenvalue weighted by atomic mass is 10.0. The zero-order chi connectivity index (χ0) is 9.97. The lowest BCUT2D eigenvalue weighted by Crippen LogP contribution is -2.13. The van der Waals surface area contributed by atoms with Crippen LogP contribution < -0.4 is 10.1 Å². The van der Waals surface area contributed by atoms with Crippen LogP contribution in [0.25, 0.3) is 0 Å². The monoisotopic (exact) mass is 191 g/mol. The third kappa shape index (κ3) is 1.90. The summed E-state index contributed by atoms with van der Waals surface area (Å²) in [4.78, 5) is 0. The fraction of sp³-hybridized carbons (Fsp3) is 0.500. The zero-order valence-electron chi connectivity index (χ0n) is 8.79. The van der Waals surface area contributed by atoms with Crippen LogP contribution in [0.2, 0.25) is 0 Å². The average Bonchev–Trinajstić information content (AvgIpc) is 2.65. The van der Waals surface area contributed by atoms with E-state index in [4.69, 9.17) is 4.74 Å². The molecule has 1 aromatic carbocycles. The molecule has 2 nitrogen and oxygen atoms in total.